The number of carbonyl (C=O) groups excluding carboxylic acids is 2. The fourth-order valence-corrected chi connectivity index (χ4v) is 0.596. The van der Waals surface area contributed by atoms with Gasteiger partial charge in [0.1, 0.15) is 11.6 Å². The van der Waals surface area contributed by atoms with Gasteiger partial charge in [-0.15, -0.1) is 0 Å². The summed E-state index contributed by atoms with van der Waals surface area (Å²) < 4.78 is 0. The molecule has 0 bridgehead atoms. The van der Waals surface area contributed by atoms with E-state index in [1.54, 1.807) is 6.07 Å². The molecule has 0 saturated carbocycles. The summed E-state index contributed by atoms with van der Waals surface area (Å²) in [6.07, 6.45) is 3.27. The predicted molar refractivity (Wildman–Crippen MR) is 46.3 cm³/mol. The van der Waals surface area contributed by atoms with Crippen molar-refractivity contribution in [2.24, 2.45) is 0 Å². The van der Waals surface area contributed by atoms with Crippen molar-refractivity contribution in [3.8, 4) is 6.07 Å². The van der Waals surface area contributed by atoms with Crippen molar-refractivity contribution in [2.45, 2.75) is 14.9 Å². The van der Waals surface area contributed by atoms with Gasteiger partial charge >= 0.3 is 0 Å². The quantitative estimate of drug-likeness (QED) is 0.614. The molecule has 1 aliphatic carbocycles. The van der Waals surface area contributed by atoms with Gasteiger partial charge in [0.25, 0.3) is 0 Å². The Morgan fingerprint density at radius 1 is 1.15 bits per heavy atom. The summed E-state index contributed by atoms with van der Waals surface area (Å²) in [5, 5.41) is 8.25. The molecule has 0 heterocycles. The molecule has 4 heteroatoms. The zero-order valence-corrected chi connectivity index (χ0v) is 7.58. The third-order valence-electron chi connectivity index (χ3n) is 1.07. The van der Waals surface area contributed by atoms with E-state index in [2.05, 4.69) is 0 Å². The molecule has 0 aliphatic heterocycles. The number of carbonyl (C=O) groups is 2. The molecule has 1 rings (SSSR count). The second kappa shape index (κ2) is 7.64. The summed E-state index contributed by atoms with van der Waals surface area (Å²) in [4.78, 5) is 21.2. The average molecular weight is 360 g/mol. The Morgan fingerprint density at radius 2 is 1.69 bits per heavy atom. The van der Waals surface area contributed by atoms with E-state index in [1.807, 2.05) is 0 Å². The molecular weight excluding hydrogens is 349 g/mol. The van der Waals surface area contributed by atoms with Crippen LogP contribution in [0.2, 0.25) is 0 Å². The second-order valence-electron chi connectivity index (χ2n) is 1.77. The Morgan fingerprint density at radius 3 is 2.08 bits per heavy atom. The average Bonchev–Trinajstić information content (AvgIpc) is 1.94. The summed E-state index contributed by atoms with van der Waals surface area (Å²) in [6.45, 7) is 0. The molecule has 0 spiro atoms. The standard InChI is InChI=1S/C7H3NO2.2CH4.Pt/c8-4-5-3-6(9)1-2-7(5)10;;;/h1-3H;2*1H4;. The maximum Gasteiger partial charge on any atom is 0.196 e. The Hall–Kier alpha value is -1.00. The molecule has 1 aliphatic rings. The van der Waals surface area contributed by atoms with Crippen molar-refractivity contribution in [1.82, 2.24) is 0 Å². The van der Waals surface area contributed by atoms with Gasteiger partial charge in [0, 0.05) is 27.1 Å². The topological polar surface area (TPSA) is 57.9 Å². The first-order valence-electron chi connectivity index (χ1n) is 2.62. The molecule has 0 aromatic carbocycles. The summed E-state index contributed by atoms with van der Waals surface area (Å²) in [5.41, 5.74) is -0.0903. The van der Waals surface area contributed by atoms with Crippen LogP contribution in [0, 0.1) is 11.3 Å². The molecule has 0 atom stereocenters. The summed E-state index contributed by atoms with van der Waals surface area (Å²) in [7, 11) is 0. The van der Waals surface area contributed by atoms with E-state index in [0.29, 0.717) is 0 Å². The number of hydrogen-bond donors (Lipinski definition) is 0. The minimum Gasteiger partial charge on any atom is -0.290 e. The zero-order chi connectivity index (χ0) is 7.56. The van der Waals surface area contributed by atoms with Crippen LogP contribution in [0.1, 0.15) is 14.9 Å². The van der Waals surface area contributed by atoms with Crippen LogP contribution >= 0.6 is 0 Å². The third-order valence-corrected chi connectivity index (χ3v) is 1.07. The molecule has 0 fully saturated rings. The molecule has 74 valence electrons. The van der Waals surface area contributed by atoms with Crippen LogP contribution in [-0.2, 0) is 30.7 Å². The Labute approximate surface area is 92.4 Å². The van der Waals surface area contributed by atoms with E-state index in [4.69, 9.17) is 5.26 Å². The maximum atomic E-state index is 10.6. The number of rotatable bonds is 0. The molecule has 0 saturated heterocycles. The first-order valence-corrected chi connectivity index (χ1v) is 2.62. The number of nitrogens with zero attached hydrogens (tertiary/aromatic N) is 1. The summed E-state index contributed by atoms with van der Waals surface area (Å²) in [6, 6.07) is 1.62. The van der Waals surface area contributed by atoms with Crippen molar-refractivity contribution in [3.63, 3.8) is 0 Å². The fourth-order valence-electron chi connectivity index (χ4n) is 0.596. The van der Waals surface area contributed by atoms with Crippen molar-refractivity contribution >= 4 is 11.6 Å². The summed E-state index contributed by atoms with van der Waals surface area (Å²) in [5.74, 6) is -0.710. The van der Waals surface area contributed by atoms with Crippen molar-refractivity contribution in [2.75, 3.05) is 0 Å². The van der Waals surface area contributed by atoms with Gasteiger partial charge in [0.05, 0.1) is 0 Å². The van der Waals surface area contributed by atoms with Gasteiger partial charge in [-0.3, -0.25) is 9.59 Å². The Balaban J connectivity index is -0.000000333. The first-order chi connectivity index (χ1) is 4.74. The Bertz CT molecular complexity index is 297. The molecule has 0 unspecified atom stereocenters. The number of ketones is 2. The molecule has 0 aromatic heterocycles. The minimum absolute atomic E-state index is 0. The minimum atomic E-state index is -0.401. The SMILES string of the molecule is C.C.N#CC1=CC(=O)C=CC1=O.[Pt]. The van der Waals surface area contributed by atoms with Gasteiger partial charge in [-0.1, -0.05) is 14.9 Å². The first kappa shape index (κ1) is 17.9. The molecule has 13 heavy (non-hydrogen) atoms. The summed E-state index contributed by atoms with van der Waals surface area (Å²) >= 11 is 0. The molecule has 0 aromatic rings. The van der Waals surface area contributed by atoms with Gasteiger partial charge in [0.2, 0.25) is 0 Å². The third kappa shape index (κ3) is 4.54. The second-order valence-corrected chi connectivity index (χ2v) is 1.77. The predicted octanol–water partition coefficient (Wildman–Crippen LogP) is 1.41. The van der Waals surface area contributed by atoms with Crippen LogP contribution in [0.4, 0.5) is 0 Å². The normalized spacial score (nSPS) is 12.7. The van der Waals surface area contributed by atoms with Gasteiger partial charge in [-0.2, -0.15) is 5.26 Å². The number of allylic oxidation sites excluding steroid dienone is 4. The van der Waals surface area contributed by atoms with Gasteiger partial charge in [-0.25, -0.2) is 0 Å². The van der Waals surface area contributed by atoms with E-state index >= 15 is 0 Å². The molecule has 3 nitrogen and oxygen atoms in total. The maximum absolute atomic E-state index is 10.6. The molecule has 0 amide bonds. The molecule has 0 N–H and O–H groups in total. The van der Waals surface area contributed by atoms with E-state index in [1.165, 1.54) is 0 Å². The Kier molecular flexibility index (Phi) is 10.5. The number of hydrogen-bond acceptors (Lipinski definition) is 3. The van der Waals surface area contributed by atoms with E-state index in [0.717, 1.165) is 18.2 Å². The van der Waals surface area contributed by atoms with E-state index < -0.39 is 5.78 Å². The van der Waals surface area contributed by atoms with Crippen LogP contribution < -0.4 is 0 Å². The van der Waals surface area contributed by atoms with Crippen molar-refractivity contribution < 1.29 is 30.7 Å². The largest absolute Gasteiger partial charge is 0.290 e. The molecule has 0 radical (unpaired) electrons. The van der Waals surface area contributed by atoms with Crippen molar-refractivity contribution in [1.29, 1.82) is 5.26 Å². The van der Waals surface area contributed by atoms with Crippen LogP contribution in [-0.4, -0.2) is 11.6 Å². The van der Waals surface area contributed by atoms with Crippen LogP contribution in [0.15, 0.2) is 23.8 Å². The van der Waals surface area contributed by atoms with E-state index in [-0.39, 0.29) is 47.3 Å². The van der Waals surface area contributed by atoms with Gasteiger partial charge < -0.3 is 0 Å². The van der Waals surface area contributed by atoms with Crippen LogP contribution in [0.25, 0.3) is 0 Å². The van der Waals surface area contributed by atoms with Crippen LogP contribution in [0.5, 0.6) is 0 Å². The smallest absolute Gasteiger partial charge is 0.196 e. The van der Waals surface area contributed by atoms with Crippen molar-refractivity contribution in [3.05, 3.63) is 23.8 Å². The zero-order valence-electron chi connectivity index (χ0n) is 5.31. The van der Waals surface area contributed by atoms with Gasteiger partial charge in [0.15, 0.2) is 11.6 Å². The van der Waals surface area contributed by atoms with Crippen LogP contribution in [0.3, 0.4) is 0 Å². The van der Waals surface area contributed by atoms with E-state index in [9.17, 15) is 9.59 Å². The van der Waals surface area contributed by atoms with Gasteiger partial charge in [-0.05, 0) is 12.2 Å². The fraction of sp³-hybridized carbons (Fsp3) is 0.222. The monoisotopic (exact) mass is 360 g/mol. The molecular formula is C9H11NO2Pt. The number of nitriles is 1.